The summed E-state index contributed by atoms with van der Waals surface area (Å²) in [6, 6.07) is 0. The van der Waals surface area contributed by atoms with Crippen LogP contribution in [0.25, 0.3) is 0 Å². The quantitative estimate of drug-likeness (QED) is 0.582. The van der Waals surface area contributed by atoms with Crippen LogP contribution in [-0.4, -0.2) is 23.9 Å². The van der Waals surface area contributed by atoms with E-state index in [1.165, 1.54) is 0 Å². The SMILES string of the molecule is CC.CC(C)=N/N=C(\C)CNC(=O)C(C)C. The van der Waals surface area contributed by atoms with Gasteiger partial charge >= 0.3 is 0 Å². The number of carbonyl (C=O) groups excluding carboxylic acids is 1. The zero-order valence-corrected chi connectivity index (χ0v) is 11.6. The van der Waals surface area contributed by atoms with Crippen molar-refractivity contribution in [2.45, 2.75) is 48.5 Å². The molecule has 1 amide bonds. The third-order valence-corrected chi connectivity index (χ3v) is 1.46. The average Bonchev–Trinajstić information content (AvgIpc) is 2.25. The molecule has 94 valence electrons. The van der Waals surface area contributed by atoms with Gasteiger partial charge in [-0.3, -0.25) is 4.79 Å². The van der Waals surface area contributed by atoms with Gasteiger partial charge in [-0.2, -0.15) is 10.2 Å². The van der Waals surface area contributed by atoms with E-state index in [-0.39, 0.29) is 11.8 Å². The minimum absolute atomic E-state index is 0.0132. The summed E-state index contributed by atoms with van der Waals surface area (Å²) < 4.78 is 0. The van der Waals surface area contributed by atoms with Crippen LogP contribution in [-0.2, 0) is 4.79 Å². The van der Waals surface area contributed by atoms with Crippen LogP contribution >= 0.6 is 0 Å². The molecular weight excluding hydrogens is 202 g/mol. The lowest BCUT2D eigenvalue weighted by Gasteiger charge is -2.05. The Balaban J connectivity index is 0. The van der Waals surface area contributed by atoms with Gasteiger partial charge in [0.1, 0.15) is 0 Å². The van der Waals surface area contributed by atoms with Crippen LogP contribution < -0.4 is 5.32 Å². The van der Waals surface area contributed by atoms with Gasteiger partial charge in [0.2, 0.25) is 5.91 Å². The highest BCUT2D eigenvalue weighted by Gasteiger charge is 2.05. The summed E-state index contributed by atoms with van der Waals surface area (Å²) in [5, 5.41) is 10.6. The van der Waals surface area contributed by atoms with Crippen molar-refractivity contribution in [2.75, 3.05) is 6.54 Å². The van der Waals surface area contributed by atoms with E-state index in [2.05, 4.69) is 15.5 Å². The second kappa shape index (κ2) is 10.3. The maximum Gasteiger partial charge on any atom is 0.222 e. The number of carbonyl (C=O) groups is 1. The second-order valence-electron chi connectivity index (χ2n) is 3.75. The van der Waals surface area contributed by atoms with Crippen LogP contribution in [0.5, 0.6) is 0 Å². The molecule has 4 nitrogen and oxygen atoms in total. The van der Waals surface area contributed by atoms with Crippen molar-refractivity contribution < 1.29 is 4.79 Å². The molecule has 0 spiro atoms. The van der Waals surface area contributed by atoms with Gasteiger partial charge in [0.15, 0.2) is 0 Å². The lowest BCUT2D eigenvalue weighted by molar-refractivity contribution is -0.123. The topological polar surface area (TPSA) is 53.8 Å². The normalized spacial score (nSPS) is 10.4. The standard InChI is InChI=1S/C10H19N3O.C2H6/c1-7(2)10(14)11-6-9(5)13-12-8(3)4;1-2/h7H,6H2,1-5H3,(H,11,14);1-2H3/b13-9+;. The minimum Gasteiger partial charge on any atom is -0.351 e. The molecular formula is C12H25N3O. The number of amides is 1. The highest BCUT2D eigenvalue weighted by Crippen LogP contribution is 1.90. The van der Waals surface area contributed by atoms with Crippen molar-refractivity contribution in [2.24, 2.45) is 16.1 Å². The molecule has 0 rings (SSSR count). The lowest BCUT2D eigenvalue weighted by Crippen LogP contribution is -2.31. The number of hydrogen-bond acceptors (Lipinski definition) is 3. The Morgan fingerprint density at radius 2 is 1.62 bits per heavy atom. The van der Waals surface area contributed by atoms with Gasteiger partial charge in [0, 0.05) is 11.6 Å². The second-order valence-corrected chi connectivity index (χ2v) is 3.75. The summed E-state index contributed by atoms with van der Waals surface area (Å²) in [6.07, 6.45) is 0. The number of nitrogens with zero attached hydrogens (tertiary/aromatic N) is 2. The molecule has 1 N–H and O–H groups in total. The van der Waals surface area contributed by atoms with Crippen molar-refractivity contribution in [1.82, 2.24) is 5.32 Å². The van der Waals surface area contributed by atoms with Crippen LogP contribution in [0.2, 0.25) is 0 Å². The molecule has 0 aromatic heterocycles. The van der Waals surface area contributed by atoms with Crippen LogP contribution in [0, 0.1) is 5.92 Å². The fourth-order valence-electron chi connectivity index (χ4n) is 0.640. The lowest BCUT2D eigenvalue weighted by atomic mass is 10.2. The fourth-order valence-corrected chi connectivity index (χ4v) is 0.640. The first-order chi connectivity index (χ1) is 7.43. The molecule has 0 aromatic rings. The summed E-state index contributed by atoms with van der Waals surface area (Å²) in [5.74, 6) is 0.0518. The maximum atomic E-state index is 11.2. The summed E-state index contributed by atoms with van der Waals surface area (Å²) >= 11 is 0. The summed E-state index contributed by atoms with van der Waals surface area (Å²) in [6.45, 7) is 13.8. The molecule has 0 saturated carbocycles. The van der Waals surface area contributed by atoms with Crippen molar-refractivity contribution in [3.05, 3.63) is 0 Å². The zero-order valence-electron chi connectivity index (χ0n) is 11.6. The first-order valence-corrected chi connectivity index (χ1v) is 5.75. The average molecular weight is 227 g/mol. The van der Waals surface area contributed by atoms with Crippen LogP contribution in [0.15, 0.2) is 10.2 Å². The highest BCUT2D eigenvalue weighted by molar-refractivity contribution is 5.89. The Hall–Kier alpha value is -1.19. The van der Waals surface area contributed by atoms with E-state index >= 15 is 0 Å². The van der Waals surface area contributed by atoms with Crippen molar-refractivity contribution in [3.63, 3.8) is 0 Å². The molecule has 0 aliphatic rings. The van der Waals surface area contributed by atoms with Crippen molar-refractivity contribution in [3.8, 4) is 0 Å². The van der Waals surface area contributed by atoms with E-state index in [0.717, 1.165) is 11.4 Å². The summed E-state index contributed by atoms with van der Waals surface area (Å²) in [4.78, 5) is 11.2. The van der Waals surface area contributed by atoms with Gasteiger partial charge < -0.3 is 5.32 Å². The van der Waals surface area contributed by atoms with E-state index in [4.69, 9.17) is 0 Å². The van der Waals surface area contributed by atoms with Crippen molar-refractivity contribution >= 4 is 17.3 Å². The molecule has 0 saturated heterocycles. The molecule has 0 atom stereocenters. The summed E-state index contributed by atoms with van der Waals surface area (Å²) in [5.41, 5.74) is 1.71. The number of nitrogens with one attached hydrogen (secondary N) is 1. The number of hydrogen-bond donors (Lipinski definition) is 1. The van der Waals surface area contributed by atoms with E-state index < -0.39 is 0 Å². The minimum atomic E-state index is 0.0132. The molecule has 0 aliphatic heterocycles. The molecule has 0 unspecified atom stereocenters. The first kappa shape index (κ1) is 17.2. The molecule has 0 heterocycles. The van der Waals surface area contributed by atoms with Crippen LogP contribution in [0.1, 0.15) is 48.5 Å². The van der Waals surface area contributed by atoms with Gasteiger partial charge in [-0.25, -0.2) is 0 Å². The third kappa shape index (κ3) is 10.9. The Morgan fingerprint density at radius 1 is 1.12 bits per heavy atom. The van der Waals surface area contributed by atoms with E-state index in [0.29, 0.717) is 6.54 Å². The predicted molar refractivity (Wildman–Crippen MR) is 71.1 cm³/mol. The molecule has 4 heteroatoms. The van der Waals surface area contributed by atoms with E-state index in [1.54, 1.807) is 0 Å². The fraction of sp³-hybridized carbons (Fsp3) is 0.750. The Bertz CT molecular complexity index is 251. The monoisotopic (exact) mass is 227 g/mol. The molecule has 16 heavy (non-hydrogen) atoms. The molecule has 0 bridgehead atoms. The van der Waals surface area contributed by atoms with Crippen molar-refractivity contribution in [1.29, 1.82) is 0 Å². The predicted octanol–water partition coefficient (Wildman–Crippen LogP) is 2.64. The molecule has 0 fully saturated rings. The van der Waals surface area contributed by atoms with Gasteiger partial charge in [-0.05, 0) is 20.8 Å². The van der Waals surface area contributed by atoms with Crippen LogP contribution in [0.3, 0.4) is 0 Å². The van der Waals surface area contributed by atoms with Gasteiger partial charge in [0.25, 0.3) is 0 Å². The summed E-state index contributed by atoms with van der Waals surface area (Å²) in [7, 11) is 0. The Labute approximate surface area is 99.2 Å². The Kier molecular flexibility index (Phi) is 11.1. The highest BCUT2D eigenvalue weighted by atomic mass is 16.1. The zero-order chi connectivity index (χ0) is 13.1. The Morgan fingerprint density at radius 3 is 2.00 bits per heavy atom. The molecule has 0 aliphatic carbocycles. The number of rotatable bonds is 4. The van der Waals surface area contributed by atoms with E-state index in [9.17, 15) is 4.79 Å². The maximum absolute atomic E-state index is 11.2. The van der Waals surface area contributed by atoms with Gasteiger partial charge in [-0.15, -0.1) is 0 Å². The third-order valence-electron chi connectivity index (χ3n) is 1.46. The van der Waals surface area contributed by atoms with Gasteiger partial charge in [0.05, 0.1) is 12.3 Å². The molecule has 0 radical (unpaired) electrons. The van der Waals surface area contributed by atoms with E-state index in [1.807, 2.05) is 48.5 Å². The largest absolute Gasteiger partial charge is 0.351 e. The van der Waals surface area contributed by atoms with Crippen LogP contribution in [0.4, 0.5) is 0 Å². The smallest absolute Gasteiger partial charge is 0.222 e. The first-order valence-electron chi connectivity index (χ1n) is 5.75. The van der Waals surface area contributed by atoms with Gasteiger partial charge in [-0.1, -0.05) is 27.7 Å². The molecule has 0 aromatic carbocycles.